The monoisotopic (exact) mass is 682 g/mol. The number of rotatable bonds is 13. The minimum atomic E-state index is -3.20. The van der Waals surface area contributed by atoms with Crippen molar-refractivity contribution in [1.29, 1.82) is 0 Å². The number of amides is 1. The Morgan fingerprint density at radius 2 is 2.02 bits per heavy atom. The molecule has 20 heteroatoms. The van der Waals surface area contributed by atoms with Crippen LogP contribution in [0.5, 0.6) is 5.75 Å². The number of carboxylic acids is 1. The fourth-order valence-electron chi connectivity index (χ4n) is 4.75. The highest BCUT2D eigenvalue weighted by molar-refractivity contribution is 7.98. The maximum Gasteiger partial charge on any atom is 0.377 e. The first kappa shape index (κ1) is 33.9. The molecule has 0 bridgehead atoms. The number of ether oxygens (including phenoxy) is 2. The largest absolute Gasteiger partial charge is 0.476 e. The number of alkyl halides is 2. The summed E-state index contributed by atoms with van der Waals surface area (Å²) < 4.78 is 51.6. The van der Waals surface area contributed by atoms with Gasteiger partial charge in [0.2, 0.25) is 5.91 Å². The van der Waals surface area contributed by atoms with Gasteiger partial charge in [-0.15, -0.1) is 15.3 Å². The second-order valence-corrected chi connectivity index (χ2v) is 11.2. The Morgan fingerprint density at radius 1 is 1.23 bits per heavy atom. The van der Waals surface area contributed by atoms with E-state index in [-0.39, 0.29) is 22.6 Å². The molecule has 4 aromatic rings. The van der Waals surface area contributed by atoms with Crippen molar-refractivity contribution in [3.05, 3.63) is 54.0 Å². The third-order valence-corrected chi connectivity index (χ3v) is 7.83. The van der Waals surface area contributed by atoms with E-state index in [1.165, 1.54) is 23.2 Å². The number of aliphatic hydroxyl groups is 4. The number of nitrogens with one attached hydrogen (secondary N) is 1. The number of aliphatic carboxylic acids is 1. The quantitative estimate of drug-likeness (QED) is 0.106. The van der Waals surface area contributed by atoms with Gasteiger partial charge in [-0.3, -0.25) is 4.79 Å². The molecule has 5 rings (SSSR count). The van der Waals surface area contributed by atoms with Gasteiger partial charge in [0.05, 0.1) is 54.6 Å². The fourth-order valence-corrected chi connectivity index (χ4v) is 5.39. The average molecular weight is 683 g/mol. The first-order valence-corrected chi connectivity index (χ1v) is 14.8. The van der Waals surface area contributed by atoms with Gasteiger partial charge in [-0.2, -0.15) is 0 Å². The summed E-state index contributed by atoms with van der Waals surface area (Å²) in [4.78, 5) is 24.2. The Morgan fingerprint density at radius 3 is 2.68 bits per heavy atom. The van der Waals surface area contributed by atoms with Crippen molar-refractivity contribution >= 4 is 23.6 Å². The summed E-state index contributed by atoms with van der Waals surface area (Å²) in [5.74, 6) is -5.28. The van der Waals surface area contributed by atoms with Crippen LogP contribution < -0.4 is 10.1 Å². The normalized spacial score (nSPS) is 22.6. The third-order valence-electron chi connectivity index (χ3n) is 6.98. The third kappa shape index (κ3) is 7.42. The van der Waals surface area contributed by atoms with Crippen molar-refractivity contribution in [2.24, 2.45) is 0 Å². The number of hydrogen-bond acceptors (Lipinski definition) is 15. The SMILES string of the molecule is CC(=O)N[C@H]1[C@H]([C@H](O)[C@H](O)CO)O[C@@](Oc2ccc(-n3cc(CSc4nnc(-c5ccco5)o4)nn3)cc2C(F)F)(C(=O)O)C[C@@H]1O. The highest BCUT2D eigenvalue weighted by atomic mass is 32.2. The molecule has 1 aliphatic heterocycles. The van der Waals surface area contributed by atoms with E-state index >= 15 is 0 Å². The first-order valence-electron chi connectivity index (χ1n) is 13.8. The second-order valence-electron chi connectivity index (χ2n) is 10.3. The topological polar surface area (TPSA) is 249 Å². The van der Waals surface area contributed by atoms with E-state index in [4.69, 9.17) is 18.3 Å². The lowest BCUT2D eigenvalue weighted by molar-refractivity contribution is -0.284. The molecular formula is C27H28F2N6O11S. The maximum atomic E-state index is 14.3. The molecule has 1 saturated heterocycles. The molecule has 0 unspecified atom stereocenters. The number of hydrogen-bond donors (Lipinski definition) is 6. The van der Waals surface area contributed by atoms with Gasteiger partial charge >= 0.3 is 11.8 Å². The molecule has 0 aliphatic carbocycles. The summed E-state index contributed by atoms with van der Waals surface area (Å²) in [5.41, 5.74) is -0.252. The number of halogens is 2. The lowest BCUT2D eigenvalue weighted by atomic mass is 9.88. The summed E-state index contributed by atoms with van der Waals surface area (Å²) in [7, 11) is 0. The van der Waals surface area contributed by atoms with Crippen molar-refractivity contribution < 1.29 is 62.2 Å². The Kier molecular flexibility index (Phi) is 10.2. The maximum absolute atomic E-state index is 14.3. The molecule has 1 aliphatic rings. The zero-order chi connectivity index (χ0) is 33.9. The summed E-state index contributed by atoms with van der Waals surface area (Å²) in [6, 6.07) is 5.16. The number of thioether (sulfide) groups is 1. The number of carbonyl (C=O) groups excluding carboxylic acids is 1. The number of aromatic nitrogens is 5. The summed E-state index contributed by atoms with van der Waals surface area (Å²) in [6.45, 7) is 0.0853. The van der Waals surface area contributed by atoms with Gasteiger partial charge in [-0.25, -0.2) is 18.3 Å². The molecule has 1 fully saturated rings. The zero-order valence-corrected chi connectivity index (χ0v) is 25.0. The molecule has 4 heterocycles. The molecule has 6 atom stereocenters. The molecule has 252 valence electrons. The minimum Gasteiger partial charge on any atom is -0.476 e. The number of furan rings is 1. The molecular weight excluding hydrogens is 654 g/mol. The Hall–Kier alpha value is -4.47. The lowest BCUT2D eigenvalue weighted by Crippen LogP contribution is -2.68. The van der Waals surface area contributed by atoms with Gasteiger partial charge in [0.25, 0.3) is 17.5 Å². The second kappa shape index (κ2) is 14.1. The fraction of sp³-hybridized carbons (Fsp3) is 0.407. The molecule has 3 aromatic heterocycles. The summed E-state index contributed by atoms with van der Waals surface area (Å²) >= 11 is 1.14. The van der Waals surface area contributed by atoms with Gasteiger partial charge in [0, 0.05) is 12.7 Å². The van der Waals surface area contributed by atoms with Gasteiger partial charge < -0.3 is 49.2 Å². The van der Waals surface area contributed by atoms with E-state index < -0.39 is 78.9 Å². The van der Waals surface area contributed by atoms with Gasteiger partial charge in [0.15, 0.2) is 5.76 Å². The molecule has 47 heavy (non-hydrogen) atoms. The van der Waals surface area contributed by atoms with Crippen molar-refractivity contribution in [2.45, 2.75) is 67.0 Å². The first-order chi connectivity index (χ1) is 22.4. The van der Waals surface area contributed by atoms with Crippen LogP contribution in [0.25, 0.3) is 17.3 Å². The molecule has 1 aromatic carbocycles. The van der Waals surface area contributed by atoms with E-state index in [2.05, 4.69) is 25.8 Å². The van der Waals surface area contributed by atoms with E-state index in [1.807, 2.05) is 0 Å². The molecule has 0 radical (unpaired) electrons. The molecule has 0 spiro atoms. The minimum absolute atomic E-state index is 0.105. The number of benzene rings is 1. The number of aliphatic hydroxyl groups excluding tert-OH is 4. The van der Waals surface area contributed by atoms with Crippen LogP contribution in [0, 0.1) is 0 Å². The molecule has 0 saturated carbocycles. The van der Waals surface area contributed by atoms with Crippen LogP contribution in [0.4, 0.5) is 8.78 Å². The van der Waals surface area contributed by atoms with E-state index in [9.17, 15) is 43.9 Å². The predicted octanol–water partition coefficient (Wildman–Crippen LogP) is 0.669. The van der Waals surface area contributed by atoms with Crippen LogP contribution in [0.15, 0.2) is 56.8 Å². The Labute approximate surface area is 267 Å². The molecule has 17 nitrogen and oxygen atoms in total. The van der Waals surface area contributed by atoms with Crippen LogP contribution >= 0.6 is 11.8 Å². The summed E-state index contributed by atoms with van der Waals surface area (Å²) in [6.07, 6.45) is -8.72. The van der Waals surface area contributed by atoms with Crippen LogP contribution in [-0.4, -0.2) is 105 Å². The van der Waals surface area contributed by atoms with Gasteiger partial charge in [-0.1, -0.05) is 17.0 Å². The number of carbonyl (C=O) groups is 2. The predicted molar refractivity (Wildman–Crippen MR) is 151 cm³/mol. The van der Waals surface area contributed by atoms with Crippen molar-refractivity contribution in [2.75, 3.05) is 6.61 Å². The zero-order valence-electron chi connectivity index (χ0n) is 24.2. The van der Waals surface area contributed by atoms with Crippen LogP contribution in [0.2, 0.25) is 0 Å². The number of carboxylic acid groups (broad SMARTS) is 1. The van der Waals surface area contributed by atoms with Crippen LogP contribution in [-0.2, 0) is 20.1 Å². The smallest absolute Gasteiger partial charge is 0.377 e. The van der Waals surface area contributed by atoms with E-state index in [0.29, 0.717) is 11.5 Å². The van der Waals surface area contributed by atoms with Crippen LogP contribution in [0.1, 0.15) is 31.0 Å². The van der Waals surface area contributed by atoms with Gasteiger partial charge in [-0.05, 0) is 30.3 Å². The highest BCUT2D eigenvalue weighted by Gasteiger charge is 2.57. The standard InChI is InChI=1S/C27H28F2N6O11S/c1-12(37)30-20-16(38)8-27(25(41)42,46-22(20)21(40)17(39)10-36)45-18-5-4-14(7-15(18)23(28)29)35-9-13(31-34-35)11-47-26-33-32-24(44-26)19-3-2-6-43-19/h2-7,9,16-17,20-23,36,38-40H,8,10-11H2,1H3,(H,30,37)(H,41,42)/t16-,17+,20+,21+,22+,27+/m0/s1. The van der Waals surface area contributed by atoms with Crippen molar-refractivity contribution in [3.8, 4) is 23.1 Å². The molecule has 6 N–H and O–H groups in total. The van der Waals surface area contributed by atoms with Crippen molar-refractivity contribution in [3.63, 3.8) is 0 Å². The van der Waals surface area contributed by atoms with Crippen molar-refractivity contribution in [1.82, 2.24) is 30.5 Å². The average Bonchev–Trinajstić information content (AvgIpc) is 3.83. The van der Waals surface area contributed by atoms with E-state index in [1.54, 1.807) is 12.1 Å². The number of nitrogens with zero attached hydrogens (tertiary/aromatic N) is 5. The summed E-state index contributed by atoms with van der Waals surface area (Å²) in [5, 5.41) is 69.1. The molecule has 1 amide bonds. The highest BCUT2D eigenvalue weighted by Crippen LogP contribution is 2.39. The lowest BCUT2D eigenvalue weighted by Gasteiger charge is -2.46. The Bertz CT molecular complexity index is 1690. The Balaban J connectivity index is 1.36. The van der Waals surface area contributed by atoms with Crippen LogP contribution in [0.3, 0.4) is 0 Å². The van der Waals surface area contributed by atoms with E-state index in [0.717, 1.165) is 30.8 Å². The van der Waals surface area contributed by atoms with Gasteiger partial charge in [0.1, 0.15) is 24.1 Å².